The molecule has 1 fully saturated rings. The summed E-state index contributed by atoms with van der Waals surface area (Å²) in [6.07, 6.45) is 2.34. The van der Waals surface area contributed by atoms with Crippen LogP contribution in [0.1, 0.15) is 13.8 Å². The van der Waals surface area contributed by atoms with Crippen LogP contribution < -0.4 is 0 Å². The second kappa shape index (κ2) is 2.89. The number of rotatable bonds is 0. The van der Waals surface area contributed by atoms with E-state index in [2.05, 4.69) is 6.19 Å². The summed E-state index contributed by atoms with van der Waals surface area (Å²) >= 11 is 0. The van der Waals surface area contributed by atoms with Gasteiger partial charge in [0.2, 0.25) is 0 Å². The third kappa shape index (κ3) is 1.39. The molecule has 0 bridgehead atoms. The van der Waals surface area contributed by atoms with E-state index < -0.39 is 0 Å². The van der Waals surface area contributed by atoms with E-state index in [1.807, 2.05) is 13.8 Å². The SMILES string of the molecule is CC1CN(C#N)C(C)CO1. The van der Waals surface area contributed by atoms with Crippen LogP contribution in [0.2, 0.25) is 0 Å². The highest BCUT2D eigenvalue weighted by Gasteiger charge is 2.21. The zero-order chi connectivity index (χ0) is 7.56. The molecule has 1 aliphatic heterocycles. The molecule has 0 aromatic heterocycles. The van der Waals surface area contributed by atoms with Gasteiger partial charge in [0, 0.05) is 0 Å². The number of morpholine rings is 1. The second-order valence-electron chi connectivity index (χ2n) is 2.75. The average molecular weight is 140 g/mol. The predicted molar refractivity (Wildman–Crippen MR) is 37.2 cm³/mol. The van der Waals surface area contributed by atoms with Gasteiger partial charge in [-0.05, 0) is 13.8 Å². The molecule has 0 amide bonds. The smallest absolute Gasteiger partial charge is 0.179 e. The maximum Gasteiger partial charge on any atom is 0.179 e. The Morgan fingerprint density at radius 2 is 2.30 bits per heavy atom. The molecule has 2 atom stereocenters. The van der Waals surface area contributed by atoms with Gasteiger partial charge in [-0.1, -0.05) is 0 Å². The molecule has 0 spiro atoms. The Labute approximate surface area is 61.2 Å². The van der Waals surface area contributed by atoms with Crippen LogP contribution in [0.15, 0.2) is 0 Å². The first-order valence-electron chi connectivity index (χ1n) is 3.52. The Kier molecular flexibility index (Phi) is 2.13. The molecular formula is C7H12N2O. The molecular weight excluding hydrogens is 128 g/mol. The van der Waals surface area contributed by atoms with Crippen molar-refractivity contribution in [3.05, 3.63) is 0 Å². The Morgan fingerprint density at radius 1 is 1.60 bits per heavy atom. The zero-order valence-electron chi connectivity index (χ0n) is 6.37. The summed E-state index contributed by atoms with van der Waals surface area (Å²) in [5.41, 5.74) is 0. The van der Waals surface area contributed by atoms with E-state index in [1.165, 1.54) is 0 Å². The summed E-state index contributed by atoms with van der Waals surface area (Å²) in [5.74, 6) is 0. The van der Waals surface area contributed by atoms with Crippen molar-refractivity contribution in [1.82, 2.24) is 4.90 Å². The van der Waals surface area contributed by atoms with Gasteiger partial charge in [-0.2, -0.15) is 5.26 Å². The molecule has 10 heavy (non-hydrogen) atoms. The first-order valence-corrected chi connectivity index (χ1v) is 3.52. The topological polar surface area (TPSA) is 36.3 Å². The zero-order valence-corrected chi connectivity index (χ0v) is 6.37. The quantitative estimate of drug-likeness (QED) is 0.462. The Balaban J connectivity index is 2.47. The molecule has 3 heteroatoms. The summed E-state index contributed by atoms with van der Waals surface area (Å²) in [7, 11) is 0. The van der Waals surface area contributed by atoms with Crippen molar-refractivity contribution in [2.45, 2.75) is 26.0 Å². The molecule has 1 rings (SSSR count). The lowest BCUT2D eigenvalue weighted by Crippen LogP contribution is -2.44. The lowest BCUT2D eigenvalue weighted by Gasteiger charge is -2.32. The highest BCUT2D eigenvalue weighted by Crippen LogP contribution is 2.08. The summed E-state index contributed by atoms with van der Waals surface area (Å²) in [4.78, 5) is 1.76. The van der Waals surface area contributed by atoms with Crippen molar-refractivity contribution in [3.8, 4) is 6.19 Å². The Bertz CT molecular complexity index is 152. The van der Waals surface area contributed by atoms with Gasteiger partial charge in [0.1, 0.15) is 0 Å². The van der Waals surface area contributed by atoms with E-state index in [1.54, 1.807) is 4.90 Å². The molecule has 1 saturated heterocycles. The highest BCUT2D eigenvalue weighted by atomic mass is 16.5. The molecule has 0 saturated carbocycles. The standard InChI is InChI=1S/C7H12N2O/c1-6-4-10-7(2)3-9(6)5-8/h6-7H,3-4H2,1-2H3. The number of hydrogen-bond acceptors (Lipinski definition) is 3. The third-order valence-corrected chi connectivity index (χ3v) is 1.74. The fraction of sp³-hybridized carbons (Fsp3) is 0.857. The van der Waals surface area contributed by atoms with E-state index in [0.29, 0.717) is 6.61 Å². The van der Waals surface area contributed by atoms with Crippen LogP contribution in [0.5, 0.6) is 0 Å². The van der Waals surface area contributed by atoms with Crippen molar-refractivity contribution in [3.63, 3.8) is 0 Å². The van der Waals surface area contributed by atoms with E-state index in [-0.39, 0.29) is 12.1 Å². The van der Waals surface area contributed by atoms with Crippen LogP contribution in [0.3, 0.4) is 0 Å². The van der Waals surface area contributed by atoms with Gasteiger partial charge in [-0.15, -0.1) is 0 Å². The normalized spacial score (nSPS) is 33.5. The largest absolute Gasteiger partial charge is 0.374 e. The van der Waals surface area contributed by atoms with Gasteiger partial charge in [0.25, 0.3) is 0 Å². The maximum atomic E-state index is 8.60. The molecule has 3 nitrogen and oxygen atoms in total. The van der Waals surface area contributed by atoms with Crippen molar-refractivity contribution < 1.29 is 4.74 Å². The third-order valence-electron chi connectivity index (χ3n) is 1.74. The Hall–Kier alpha value is -0.750. The number of nitrogens with zero attached hydrogens (tertiary/aromatic N) is 2. The van der Waals surface area contributed by atoms with Crippen molar-refractivity contribution in [1.29, 1.82) is 5.26 Å². The minimum Gasteiger partial charge on any atom is -0.374 e. The highest BCUT2D eigenvalue weighted by molar-refractivity contribution is 4.84. The molecule has 1 heterocycles. The van der Waals surface area contributed by atoms with E-state index in [9.17, 15) is 0 Å². The van der Waals surface area contributed by atoms with Crippen molar-refractivity contribution >= 4 is 0 Å². The minimum absolute atomic E-state index is 0.204. The first-order chi connectivity index (χ1) is 4.74. The second-order valence-corrected chi connectivity index (χ2v) is 2.75. The monoisotopic (exact) mass is 140 g/mol. The molecule has 2 unspecified atom stereocenters. The maximum absolute atomic E-state index is 8.60. The van der Waals surface area contributed by atoms with Gasteiger partial charge in [-0.3, -0.25) is 0 Å². The summed E-state index contributed by atoms with van der Waals surface area (Å²) in [6, 6.07) is 0.251. The Morgan fingerprint density at radius 3 is 2.80 bits per heavy atom. The van der Waals surface area contributed by atoms with Crippen molar-refractivity contribution in [2.75, 3.05) is 13.2 Å². The number of ether oxygens (including phenoxy) is 1. The molecule has 0 radical (unpaired) electrons. The van der Waals surface area contributed by atoms with E-state index >= 15 is 0 Å². The fourth-order valence-corrected chi connectivity index (χ4v) is 1.04. The van der Waals surface area contributed by atoms with E-state index in [0.717, 1.165) is 6.54 Å². The molecule has 0 aromatic rings. The number of hydrogen-bond donors (Lipinski definition) is 0. The summed E-state index contributed by atoms with van der Waals surface area (Å²) in [5, 5.41) is 8.60. The van der Waals surface area contributed by atoms with Crippen LogP contribution in [0.4, 0.5) is 0 Å². The van der Waals surface area contributed by atoms with E-state index in [4.69, 9.17) is 10.00 Å². The first kappa shape index (κ1) is 7.36. The molecule has 0 N–H and O–H groups in total. The van der Waals surface area contributed by atoms with Gasteiger partial charge in [0.15, 0.2) is 6.19 Å². The van der Waals surface area contributed by atoms with Gasteiger partial charge in [-0.25, -0.2) is 0 Å². The minimum atomic E-state index is 0.204. The van der Waals surface area contributed by atoms with Crippen LogP contribution in [-0.2, 0) is 4.74 Å². The molecule has 0 aliphatic carbocycles. The molecule has 0 aromatic carbocycles. The molecule has 56 valence electrons. The summed E-state index contributed by atoms with van der Waals surface area (Å²) in [6.45, 7) is 5.39. The van der Waals surface area contributed by atoms with Gasteiger partial charge < -0.3 is 9.64 Å². The number of nitriles is 1. The van der Waals surface area contributed by atoms with Crippen LogP contribution in [0, 0.1) is 11.5 Å². The van der Waals surface area contributed by atoms with Crippen LogP contribution in [-0.4, -0.2) is 30.2 Å². The predicted octanol–water partition coefficient (Wildman–Crippen LogP) is 0.577. The lowest BCUT2D eigenvalue weighted by molar-refractivity contribution is -0.0272. The van der Waals surface area contributed by atoms with Crippen LogP contribution >= 0.6 is 0 Å². The van der Waals surface area contributed by atoms with Gasteiger partial charge in [0.05, 0.1) is 25.3 Å². The van der Waals surface area contributed by atoms with Gasteiger partial charge >= 0.3 is 0 Å². The molecule has 1 aliphatic rings. The van der Waals surface area contributed by atoms with Crippen molar-refractivity contribution in [2.24, 2.45) is 0 Å². The average Bonchev–Trinajstić information content (AvgIpc) is 1.94. The summed E-state index contributed by atoms with van der Waals surface area (Å²) < 4.78 is 5.33. The lowest BCUT2D eigenvalue weighted by atomic mass is 10.2. The van der Waals surface area contributed by atoms with Crippen LogP contribution in [0.25, 0.3) is 0 Å². The fourth-order valence-electron chi connectivity index (χ4n) is 1.04.